The number of hydrogen-bond donors (Lipinski definition) is 2. The second-order valence-corrected chi connectivity index (χ2v) is 6.95. The van der Waals surface area contributed by atoms with E-state index in [-0.39, 0.29) is 36.8 Å². The van der Waals surface area contributed by atoms with Crippen molar-refractivity contribution in [3.05, 3.63) is 66.0 Å². The minimum atomic E-state index is -1.00. The summed E-state index contributed by atoms with van der Waals surface area (Å²) < 4.78 is 0. The van der Waals surface area contributed by atoms with Gasteiger partial charge < -0.3 is 11.1 Å². The van der Waals surface area contributed by atoms with Crippen molar-refractivity contribution in [1.29, 1.82) is 0 Å². The number of halogens is 2. The van der Waals surface area contributed by atoms with Crippen LogP contribution in [0.5, 0.6) is 0 Å². The largest absolute Gasteiger partial charge is 0.351 e. The van der Waals surface area contributed by atoms with Crippen LogP contribution < -0.4 is 11.1 Å². The zero-order valence-corrected chi connectivity index (χ0v) is 17.1. The average Bonchev–Trinajstić information content (AvgIpc) is 2.65. The number of aromatic nitrogens is 1. The van der Waals surface area contributed by atoms with Gasteiger partial charge in [-0.05, 0) is 43.0 Å². The molecule has 2 aromatic rings. The molecule has 0 radical (unpaired) electrons. The first kappa shape index (κ1) is 23.4. The first-order chi connectivity index (χ1) is 12.1. The molecule has 2 heterocycles. The number of nitrogens with two attached hydrogens (primary N) is 1. The van der Waals surface area contributed by atoms with Crippen molar-refractivity contribution in [1.82, 2.24) is 15.2 Å². The number of piperidine rings is 1. The molecule has 7 heteroatoms. The highest BCUT2D eigenvalue weighted by molar-refractivity contribution is 5.87. The molecule has 1 atom stereocenters. The lowest BCUT2D eigenvalue weighted by Gasteiger charge is -2.34. The Kier molecular flexibility index (Phi) is 9.19. The molecule has 1 saturated heterocycles. The van der Waals surface area contributed by atoms with E-state index in [9.17, 15) is 4.79 Å². The Morgan fingerprint density at radius 2 is 1.74 bits per heavy atom. The number of benzene rings is 1. The van der Waals surface area contributed by atoms with Gasteiger partial charge in [-0.3, -0.25) is 14.7 Å². The summed E-state index contributed by atoms with van der Waals surface area (Å²) in [5, 5.41) is 3.14. The summed E-state index contributed by atoms with van der Waals surface area (Å²) in [4.78, 5) is 19.1. The van der Waals surface area contributed by atoms with Gasteiger partial charge in [-0.25, -0.2) is 0 Å². The number of nitrogens with one attached hydrogen (secondary N) is 1. The van der Waals surface area contributed by atoms with Crippen LogP contribution in [0, 0.1) is 0 Å². The Morgan fingerprint density at radius 1 is 1.15 bits per heavy atom. The van der Waals surface area contributed by atoms with Gasteiger partial charge in [0.15, 0.2) is 0 Å². The summed E-state index contributed by atoms with van der Waals surface area (Å²) in [6.45, 7) is 4.65. The van der Waals surface area contributed by atoms with Crippen LogP contribution in [0.4, 0.5) is 0 Å². The Labute approximate surface area is 173 Å². The van der Waals surface area contributed by atoms with Gasteiger partial charge in [0.05, 0.1) is 0 Å². The zero-order chi connectivity index (χ0) is 17.7. The van der Waals surface area contributed by atoms with Crippen molar-refractivity contribution in [2.45, 2.75) is 37.9 Å². The summed E-state index contributed by atoms with van der Waals surface area (Å²) >= 11 is 0. The normalized spacial score (nSPS) is 17.1. The van der Waals surface area contributed by atoms with Gasteiger partial charge in [0, 0.05) is 38.1 Å². The molecule has 0 bridgehead atoms. The SMILES string of the molecule is CC(N)(C(=O)NC1CCN(Cc2ccncc2)CC1)c1ccccc1.Cl.Cl. The van der Waals surface area contributed by atoms with Crippen LogP contribution in [0.1, 0.15) is 30.9 Å². The van der Waals surface area contributed by atoms with E-state index in [4.69, 9.17) is 5.73 Å². The molecule has 1 aromatic carbocycles. The first-order valence-corrected chi connectivity index (χ1v) is 8.82. The van der Waals surface area contributed by atoms with Gasteiger partial charge in [-0.2, -0.15) is 0 Å². The molecule has 5 nitrogen and oxygen atoms in total. The van der Waals surface area contributed by atoms with Crippen LogP contribution >= 0.6 is 24.8 Å². The van der Waals surface area contributed by atoms with Crippen LogP contribution in [-0.4, -0.2) is 34.9 Å². The summed E-state index contributed by atoms with van der Waals surface area (Å²) in [7, 11) is 0. The van der Waals surface area contributed by atoms with Crippen LogP contribution in [-0.2, 0) is 16.9 Å². The van der Waals surface area contributed by atoms with Crippen molar-refractivity contribution in [2.75, 3.05) is 13.1 Å². The number of amides is 1. The quantitative estimate of drug-likeness (QED) is 0.794. The van der Waals surface area contributed by atoms with E-state index in [0.717, 1.165) is 38.0 Å². The van der Waals surface area contributed by atoms with Gasteiger partial charge in [0.25, 0.3) is 0 Å². The molecule has 148 valence electrons. The highest BCUT2D eigenvalue weighted by Gasteiger charge is 2.32. The number of carbonyl (C=O) groups excluding carboxylic acids is 1. The van der Waals surface area contributed by atoms with Crippen molar-refractivity contribution in [2.24, 2.45) is 5.73 Å². The number of likely N-dealkylation sites (tertiary alicyclic amines) is 1. The van der Waals surface area contributed by atoms with Crippen molar-refractivity contribution in [3.63, 3.8) is 0 Å². The minimum absolute atomic E-state index is 0. The van der Waals surface area contributed by atoms with Crippen LogP contribution in [0.2, 0.25) is 0 Å². The molecular formula is C20H28Cl2N4O. The molecule has 1 amide bonds. The molecule has 1 aromatic heterocycles. The Morgan fingerprint density at radius 3 is 2.33 bits per heavy atom. The molecule has 3 rings (SSSR count). The maximum absolute atomic E-state index is 12.6. The van der Waals surface area contributed by atoms with Gasteiger partial charge in [-0.15, -0.1) is 24.8 Å². The Bertz CT molecular complexity index is 690. The third-order valence-electron chi connectivity index (χ3n) is 4.92. The number of carbonyl (C=O) groups is 1. The lowest BCUT2D eigenvalue weighted by molar-refractivity contribution is -0.127. The molecule has 0 spiro atoms. The van der Waals surface area contributed by atoms with Crippen molar-refractivity contribution in [3.8, 4) is 0 Å². The summed E-state index contributed by atoms with van der Waals surface area (Å²) in [5.41, 5.74) is 7.41. The smallest absolute Gasteiger partial charge is 0.244 e. The van der Waals surface area contributed by atoms with E-state index in [1.54, 1.807) is 6.92 Å². The van der Waals surface area contributed by atoms with Gasteiger partial charge >= 0.3 is 0 Å². The van der Waals surface area contributed by atoms with E-state index < -0.39 is 5.54 Å². The standard InChI is InChI=1S/C20H26N4O.2ClH/c1-20(21,17-5-3-2-4-6-17)19(25)23-18-9-13-24(14-10-18)15-16-7-11-22-12-8-16;;/h2-8,11-12,18H,9-10,13-15,21H2,1H3,(H,23,25);2*1H. The van der Waals surface area contributed by atoms with E-state index >= 15 is 0 Å². The lowest BCUT2D eigenvalue weighted by Crippen LogP contribution is -2.54. The molecule has 3 N–H and O–H groups in total. The maximum atomic E-state index is 12.6. The molecule has 1 aliphatic heterocycles. The fourth-order valence-electron chi connectivity index (χ4n) is 3.23. The fourth-order valence-corrected chi connectivity index (χ4v) is 3.23. The van der Waals surface area contributed by atoms with Crippen LogP contribution in [0.25, 0.3) is 0 Å². The second-order valence-electron chi connectivity index (χ2n) is 6.95. The first-order valence-electron chi connectivity index (χ1n) is 8.82. The summed E-state index contributed by atoms with van der Waals surface area (Å²) in [6, 6.07) is 13.8. The highest BCUT2D eigenvalue weighted by atomic mass is 35.5. The maximum Gasteiger partial charge on any atom is 0.244 e. The predicted octanol–water partition coefficient (Wildman–Crippen LogP) is 2.88. The van der Waals surface area contributed by atoms with Crippen LogP contribution in [0.3, 0.4) is 0 Å². The Balaban J connectivity index is 0.00000182. The van der Waals surface area contributed by atoms with Gasteiger partial charge in [0.2, 0.25) is 5.91 Å². The monoisotopic (exact) mass is 410 g/mol. The fraction of sp³-hybridized carbons (Fsp3) is 0.400. The third kappa shape index (κ3) is 6.18. The molecule has 1 unspecified atom stereocenters. The van der Waals surface area contributed by atoms with E-state index in [0.29, 0.717) is 0 Å². The topological polar surface area (TPSA) is 71.2 Å². The molecule has 0 aliphatic carbocycles. The third-order valence-corrected chi connectivity index (χ3v) is 4.92. The number of hydrogen-bond acceptors (Lipinski definition) is 4. The summed E-state index contributed by atoms with van der Waals surface area (Å²) in [5.74, 6) is -0.105. The van der Waals surface area contributed by atoms with E-state index in [2.05, 4.69) is 15.2 Å². The Hall–Kier alpha value is -1.66. The molecule has 27 heavy (non-hydrogen) atoms. The second kappa shape index (κ2) is 10.6. The number of rotatable bonds is 5. The number of nitrogens with zero attached hydrogens (tertiary/aromatic N) is 2. The van der Waals surface area contributed by atoms with E-state index in [1.165, 1.54) is 5.56 Å². The summed E-state index contributed by atoms with van der Waals surface area (Å²) in [6.07, 6.45) is 5.55. The van der Waals surface area contributed by atoms with Gasteiger partial charge in [-0.1, -0.05) is 30.3 Å². The molecule has 1 aliphatic rings. The van der Waals surface area contributed by atoms with Crippen molar-refractivity contribution < 1.29 is 4.79 Å². The molecular weight excluding hydrogens is 383 g/mol. The van der Waals surface area contributed by atoms with E-state index in [1.807, 2.05) is 54.9 Å². The van der Waals surface area contributed by atoms with Crippen LogP contribution in [0.15, 0.2) is 54.9 Å². The number of pyridine rings is 1. The lowest BCUT2D eigenvalue weighted by atomic mass is 9.91. The zero-order valence-electron chi connectivity index (χ0n) is 15.5. The molecule has 1 fully saturated rings. The molecule has 0 saturated carbocycles. The van der Waals surface area contributed by atoms with Gasteiger partial charge in [0.1, 0.15) is 5.54 Å². The highest BCUT2D eigenvalue weighted by Crippen LogP contribution is 2.19. The minimum Gasteiger partial charge on any atom is -0.351 e. The van der Waals surface area contributed by atoms with Crippen molar-refractivity contribution >= 4 is 30.7 Å². The average molecular weight is 411 g/mol. The predicted molar refractivity (Wildman–Crippen MR) is 113 cm³/mol.